The van der Waals surface area contributed by atoms with Gasteiger partial charge in [-0.15, -0.1) is 0 Å². The molecule has 4 N–H and O–H groups in total. The zero-order valence-electron chi connectivity index (χ0n) is 10.6. The summed E-state index contributed by atoms with van der Waals surface area (Å²) in [5, 5.41) is 37.6. The Morgan fingerprint density at radius 3 is 2.05 bits per heavy atom. The number of rotatable bonds is 4. The Morgan fingerprint density at radius 2 is 1.43 bits per heavy atom. The van der Waals surface area contributed by atoms with Crippen molar-refractivity contribution in [3.8, 4) is 11.5 Å². The molecule has 0 aliphatic heterocycles. The maximum absolute atomic E-state index is 13.7. The van der Waals surface area contributed by atoms with Crippen molar-refractivity contribution in [3.05, 3.63) is 48.0 Å². The van der Waals surface area contributed by atoms with E-state index < -0.39 is 37.4 Å². The van der Waals surface area contributed by atoms with Crippen LogP contribution in [0.25, 0.3) is 0 Å². The molecule has 0 aromatic heterocycles. The Bertz CT molecular complexity index is 654. The van der Waals surface area contributed by atoms with Crippen molar-refractivity contribution in [1.82, 2.24) is 0 Å². The first-order chi connectivity index (χ1) is 9.91. The lowest BCUT2D eigenvalue weighted by Crippen LogP contribution is -2.41. The van der Waals surface area contributed by atoms with E-state index in [0.717, 1.165) is 12.1 Å². The first-order valence-electron chi connectivity index (χ1n) is 5.88. The highest BCUT2D eigenvalue weighted by Crippen LogP contribution is 2.17. The van der Waals surface area contributed by atoms with E-state index in [4.69, 9.17) is 14.7 Å². The van der Waals surface area contributed by atoms with Gasteiger partial charge in [-0.25, -0.2) is 8.78 Å². The number of halogens is 2. The molecular weight excluding hydrogens is 284 g/mol. The highest BCUT2D eigenvalue weighted by molar-refractivity contribution is 6.63. The molecule has 0 atom stereocenters. The highest BCUT2D eigenvalue weighted by Gasteiger charge is 2.29. The molecule has 2 aromatic rings. The molecule has 21 heavy (non-hydrogen) atoms. The average Bonchev–Trinajstić information content (AvgIpc) is 2.43. The van der Waals surface area contributed by atoms with Gasteiger partial charge in [-0.2, -0.15) is 0 Å². The lowest BCUT2D eigenvalue weighted by atomic mass is 9.76. The summed E-state index contributed by atoms with van der Waals surface area (Å²) in [4.78, 5) is 0. The largest absolute Gasteiger partial charge is 0.564 e. The predicted octanol–water partition coefficient (Wildman–Crippen LogP) is -0.883. The van der Waals surface area contributed by atoms with E-state index in [9.17, 15) is 18.9 Å². The summed E-state index contributed by atoms with van der Waals surface area (Å²) >= 11 is 0. The van der Waals surface area contributed by atoms with Crippen LogP contribution in [0.3, 0.4) is 0 Å². The number of benzene rings is 2. The van der Waals surface area contributed by atoms with E-state index in [1.807, 2.05) is 0 Å². The van der Waals surface area contributed by atoms with Crippen molar-refractivity contribution in [2.45, 2.75) is 0 Å². The minimum atomic E-state index is -2.02. The maximum atomic E-state index is 13.7. The number of phenolic OH excluding ortho intramolecular Hbond substituents is 1. The fourth-order valence-electron chi connectivity index (χ4n) is 1.76. The first-order valence-corrected chi connectivity index (χ1v) is 5.88. The summed E-state index contributed by atoms with van der Waals surface area (Å²) in [6, 6.07) is 6.76. The SMILES string of the molecule is OB(Oc1c(F)cccc1B(O)O)c1cccc(F)c1O. The molecule has 0 saturated heterocycles. The first kappa shape index (κ1) is 15.3. The molecule has 0 amide bonds. The third kappa shape index (κ3) is 3.15. The van der Waals surface area contributed by atoms with Crippen LogP contribution in [0.15, 0.2) is 36.4 Å². The average molecular weight is 294 g/mol. The summed E-state index contributed by atoms with van der Waals surface area (Å²) < 4.78 is 31.8. The standard InChI is InChI=1S/C12H10B2F2O5/c15-9-5-1-3-7(11(9)17)14(20)21-12-8(13(18)19)4-2-6-10(12)16/h1-6,17-20H. The van der Waals surface area contributed by atoms with Gasteiger partial charge in [0.15, 0.2) is 17.4 Å². The van der Waals surface area contributed by atoms with Crippen LogP contribution < -0.4 is 15.6 Å². The molecule has 0 aliphatic rings. The highest BCUT2D eigenvalue weighted by atomic mass is 19.1. The number of para-hydroxylation sites is 2. The van der Waals surface area contributed by atoms with Gasteiger partial charge in [0.25, 0.3) is 0 Å². The van der Waals surface area contributed by atoms with Crippen LogP contribution in [0.2, 0.25) is 0 Å². The van der Waals surface area contributed by atoms with E-state index in [0.29, 0.717) is 0 Å². The number of aromatic hydroxyl groups is 1. The number of hydrogen-bond donors (Lipinski definition) is 4. The van der Waals surface area contributed by atoms with Crippen molar-refractivity contribution < 1.29 is 33.6 Å². The van der Waals surface area contributed by atoms with Gasteiger partial charge >= 0.3 is 14.2 Å². The third-order valence-electron chi connectivity index (χ3n) is 2.79. The zero-order chi connectivity index (χ0) is 15.6. The summed E-state index contributed by atoms with van der Waals surface area (Å²) in [6.07, 6.45) is 0. The molecule has 108 valence electrons. The smallest absolute Gasteiger partial charge is 0.530 e. The Hall–Kier alpha value is -2.09. The van der Waals surface area contributed by atoms with Gasteiger partial charge in [-0.1, -0.05) is 24.3 Å². The quantitative estimate of drug-likeness (QED) is 0.550. The molecule has 0 bridgehead atoms. The Labute approximate surface area is 119 Å². The molecule has 0 radical (unpaired) electrons. The van der Waals surface area contributed by atoms with Gasteiger partial charge in [-0.05, 0) is 12.1 Å². The lowest BCUT2D eigenvalue weighted by molar-refractivity contribution is 0.399. The molecule has 0 fully saturated rings. The second-order valence-electron chi connectivity index (χ2n) is 4.18. The molecule has 9 heteroatoms. The van der Waals surface area contributed by atoms with Crippen molar-refractivity contribution in [2.24, 2.45) is 0 Å². The molecule has 2 aromatic carbocycles. The van der Waals surface area contributed by atoms with Gasteiger partial charge < -0.3 is 24.8 Å². The van der Waals surface area contributed by atoms with Gasteiger partial charge in [0.05, 0.1) is 0 Å². The Balaban J connectivity index is 2.36. The Kier molecular flexibility index (Phi) is 4.46. The molecule has 0 aliphatic carbocycles. The molecule has 0 saturated carbocycles. The van der Waals surface area contributed by atoms with Crippen molar-refractivity contribution >= 4 is 25.2 Å². The Morgan fingerprint density at radius 1 is 0.857 bits per heavy atom. The van der Waals surface area contributed by atoms with Crippen LogP contribution in [-0.4, -0.2) is 34.4 Å². The normalized spacial score (nSPS) is 10.3. The van der Waals surface area contributed by atoms with Crippen LogP contribution in [-0.2, 0) is 0 Å². The van der Waals surface area contributed by atoms with Gasteiger partial charge in [0.2, 0.25) is 0 Å². The zero-order valence-corrected chi connectivity index (χ0v) is 10.6. The monoisotopic (exact) mass is 294 g/mol. The summed E-state index contributed by atoms with van der Waals surface area (Å²) in [5.41, 5.74) is -0.637. The molecular formula is C12H10B2F2O5. The van der Waals surface area contributed by atoms with Crippen LogP contribution in [0.5, 0.6) is 11.5 Å². The number of hydrogen-bond acceptors (Lipinski definition) is 5. The molecule has 0 unspecified atom stereocenters. The van der Waals surface area contributed by atoms with E-state index in [2.05, 4.69) is 0 Å². The summed E-state index contributed by atoms with van der Waals surface area (Å²) in [6.45, 7) is 0. The minimum absolute atomic E-state index is 0.315. The molecule has 0 heterocycles. The predicted molar refractivity (Wildman–Crippen MR) is 72.5 cm³/mol. The molecule has 5 nitrogen and oxygen atoms in total. The van der Waals surface area contributed by atoms with Gasteiger partial charge in [0.1, 0.15) is 5.75 Å². The second kappa shape index (κ2) is 6.13. The lowest BCUT2D eigenvalue weighted by Gasteiger charge is -2.15. The van der Waals surface area contributed by atoms with E-state index >= 15 is 0 Å². The number of phenols is 1. The van der Waals surface area contributed by atoms with Crippen LogP contribution >= 0.6 is 0 Å². The minimum Gasteiger partial charge on any atom is -0.530 e. The summed E-state index contributed by atoms with van der Waals surface area (Å²) in [7, 11) is -3.92. The van der Waals surface area contributed by atoms with E-state index in [1.165, 1.54) is 24.3 Å². The van der Waals surface area contributed by atoms with Gasteiger partial charge in [0, 0.05) is 10.9 Å². The maximum Gasteiger partial charge on any atom is 0.564 e. The third-order valence-corrected chi connectivity index (χ3v) is 2.79. The van der Waals surface area contributed by atoms with Crippen molar-refractivity contribution in [1.29, 1.82) is 0 Å². The second-order valence-corrected chi connectivity index (χ2v) is 4.18. The van der Waals surface area contributed by atoms with Crippen LogP contribution in [0.4, 0.5) is 8.78 Å². The van der Waals surface area contributed by atoms with Crippen LogP contribution in [0.1, 0.15) is 0 Å². The van der Waals surface area contributed by atoms with Crippen LogP contribution in [0, 0.1) is 11.6 Å². The van der Waals surface area contributed by atoms with Crippen molar-refractivity contribution in [3.63, 3.8) is 0 Å². The summed E-state index contributed by atoms with van der Waals surface area (Å²) in [5.74, 6) is -3.38. The van der Waals surface area contributed by atoms with E-state index in [-0.39, 0.29) is 10.9 Å². The molecule has 2 rings (SSSR count). The topological polar surface area (TPSA) is 90.2 Å². The van der Waals surface area contributed by atoms with E-state index in [1.54, 1.807) is 0 Å². The van der Waals surface area contributed by atoms with Gasteiger partial charge in [-0.3, -0.25) is 0 Å². The fourth-order valence-corrected chi connectivity index (χ4v) is 1.76. The fraction of sp³-hybridized carbons (Fsp3) is 0. The van der Waals surface area contributed by atoms with Crippen molar-refractivity contribution in [2.75, 3.05) is 0 Å². The molecule has 0 spiro atoms.